The number of aldehydes is 1. The van der Waals surface area contributed by atoms with Gasteiger partial charge in [-0.2, -0.15) is 0 Å². The Balaban J connectivity index is 2.36. The fourth-order valence-corrected chi connectivity index (χ4v) is 2.71. The number of carbonyl (C=O) groups is 1. The van der Waals surface area contributed by atoms with Gasteiger partial charge in [0.15, 0.2) is 6.29 Å². The van der Waals surface area contributed by atoms with E-state index in [4.69, 9.17) is 11.6 Å². The number of hydrogen-bond acceptors (Lipinski definition) is 1. The summed E-state index contributed by atoms with van der Waals surface area (Å²) in [5.41, 5.74) is 5.60. The van der Waals surface area contributed by atoms with Crippen LogP contribution in [0.2, 0.25) is 5.02 Å². The fraction of sp³-hybridized carbons (Fsp3) is 0.118. The van der Waals surface area contributed by atoms with Gasteiger partial charge in [-0.25, -0.2) is 0 Å². The second kappa shape index (κ2) is 4.80. The molecular weight excluding hydrogens is 270 g/mol. The van der Waals surface area contributed by atoms with Crippen LogP contribution in [0.3, 0.4) is 0 Å². The molecule has 2 aromatic carbocycles. The summed E-state index contributed by atoms with van der Waals surface area (Å²) in [4.78, 5) is 14.9. The summed E-state index contributed by atoms with van der Waals surface area (Å²) >= 11 is 6.16. The van der Waals surface area contributed by atoms with Crippen LogP contribution in [-0.2, 0) is 0 Å². The van der Waals surface area contributed by atoms with E-state index in [1.165, 1.54) is 0 Å². The highest BCUT2D eigenvalue weighted by Gasteiger charge is 2.15. The van der Waals surface area contributed by atoms with E-state index >= 15 is 0 Å². The van der Waals surface area contributed by atoms with Gasteiger partial charge in [-0.3, -0.25) is 4.79 Å². The first kappa shape index (κ1) is 12.9. The van der Waals surface area contributed by atoms with E-state index in [9.17, 15) is 4.79 Å². The summed E-state index contributed by atoms with van der Waals surface area (Å²) in [7, 11) is 0. The molecule has 3 heteroatoms. The molecule has 0 atom stereocenters. The number of rotatable bonds is 2. The molecule has 0 amide bonds. The molecule has 0 aliphatic heterocycles. The quantitative estimate of drug-likeness (QED) is 0.666. The van der Waals surface area contributed by atoms with Gasteiger partial charge < -0.3 is 4.98 Å². The predicted molar refractivity (Wildman–Crippen MR) is 83.6 cm³/mol. The van der Waals surface area contributed by atoms with Crippen molar-refractivity contribution < 1.29 is 4.79 Å². The van der Waals surface area contributed by atoms with Crippen molar-refractivity contribution in [2.24, 2.45) is 0 Å². The SMILES string of the molecule is Cc1cccc(-c2[nH]c3c(C)c(Cl)ccc3c2C=O)c1. The van der Waals surface area contributed by atoms with Crippen molar-refractivity contribution in [1.82, 2.24) is 4.98 Å². The molecule has 3 aromatic rings. The maximum atomic E-state index is 11.5. The lowest BCUT2D eigenvalue weighted by Crippen LogP contribution is -1.85. The van der Waals surface area contributed by atoms with E-state index in [0.717, 1.165) is 39.6 Å². The van der Waals surface area contributed by atoms with Crippen LogP contribution >= 0.6 is 11.6 Å². The number of aromatic amines is 1. The molecule has 1 heterocycles. The van der Waals surface area contributed by atoms with Crippen LogP contribution in [0.25, 0.3) is 22.2 Å². The molecule has 0 fully saturated rings. The van der Waals surface area contributed by atoms with E-state index < -0.39 is 0 Å². The van der Waals surface area contributed by atoms with Crippen LogP contribution in [0.15, 0.2) is 36.4 Å². The molecule has 2 nitrogen and oxygen atoms in total. The highest BCUT2D eigenvalue weighted by Crippen LogP contribution is 2.33. The maximum Gasteiger partial charge on any atom is 0.152 e. The summed E-state index contributed by atoms with van der Waals surface area (Å²) in [5, 5.41) is 1.62. The Bertz CT molecular complexity index is 817. The standard InChI is InChI=1S/C17H14ClNO/c1-10-4-3-5-12(8-10)17-14(9-20)13-6-7-15(18)11(2)16(13)19-17/h3-9,19H,1-2H3. The van der Waals surface area contributed by atoms with Crippen molar-refractivity contribution >= 4 is 28.8 Å². The second-order valence-corrected chi connectivity index (χ2v) is 5.40. The van der Waals surface area contributed by atoms with Gasteiger partial charge in [0.1, 0.15) is 0 Å². The first-order chi connectivity index (χ1) is 9.61. The largest absolute Gasteiger partial charge is 0.354 e. The lowest BCUT2D eigenvalue weighted by molar-refractivity contribution is 0.112. The van der Waals surface area contributed by atoms with Gasteiger partial charge in [0.25, 0.3) is 0 Å². The number of H-pyrrole nitrogens is 1. The second-order valence-electron chi connectivity index (χ2n) is 5.00. The summed E-state index contributed by atoms with van der Waals surface area (Å²) in [6, 6.07) is 11.8. The number of carbonyl (C=O) groups excluding carboxylic acids is 1. The molecule has 3 rings (SSSR count). The number of aromatic nitrogens is 1. The van der Waals surface area contributed by atoms with Crippen LogP contribution in [0.1, 0.15) is 21.5 Å². The lowest BCUT2D eigenvalue weighted by Gasteiger charge is -2.01. The Morgan fingerprint density at radius 3 is 2.65 bits per heavy atom. The summed E-state index contributed by atoms with van der Waals surface area (Å²) in [6.07, 6.45) is 0.907. The third-order valence-corrected chi connectivity index (χ3v) is 4.04. The molecule has 1 aromatic heterocycles. The van der Waals surface area contributed by atoms with E-state index in [1.807, 2.05) is 44.2 Å². The molecule has 0 aliphatic carbocycles. The number of aryl methyl sites for hydroxylation is 2. The van der Waals surface area contributed by atoms with E-state index in [2.05, 4.69) is 11.1 Å². The van der Waals surface area contributed by atoms with E-state index in [0.29, 0.717) is 10.6 Å². The molecule has 1 N–H and O–H groups in total. The van der Waals surface area contributed by atoms with Crippen LogP contribution in [0, 0.1) is 13.8 Å². The van der Waals surface area contributed by atoms with Gasteiger partial charge in [0.05, 0.1) is 11.2 Å². The molecule has 0 aliphatic rings. The zero-order valence-corrected chi connectivity index (χ0v) is 12.1. The molecule has 0 saturated heterocycles. The normalized spacial score (nSPS) is 10.9. The van der Waals surface area contributed by atoms with Crippen LogP contribution < -0.4 is 0 Å². The van der Waals surface area contributed by atoms with Crippen molar-refractivity contribution in [1.29, 1.82) is 0 Å². The number of benzene rings is 2. The molecular formula is C17H14ClNO. The first-order valence-electron chi connectivity index (χ1n) is 6.45. The molecule has 20 heavy (non-hydrogen) atoms. The lowest BCUT2D eigenvalue weighted by atomic mass is 10.0. The van der Waals surface area contributed by atoms with Crippen LogP contribution in [-0.4, -0.2) is 11.3 Å². The van der Waals surface area contributed by atoms with Crippen molar-refractivity contribution in [3.63, 3.8) is 0 Å². The first-order valence-corrected chi connectivity index (χ1v) is 6.82. The number of fused-ring (bicyclic) bond motifs is 1. The molecule has 0 saturated carbocycles. The van der Waals surface area contributed by atoms with Crippen LogP contribution in [0.5, 0.6) is 0 Å². The number of hydrogen-bond donors (Lipinski definition) is 1. The topological polar surface area (TPSA) is 32.9 Å². The fourth-order valence-electron chi connectivity index (χ4n) is 2.55. The minimum absolute atomic E-state index is 0.686. The van der Waals surface area contributed by atoms with Crippen LogP contribution in [0.4, 0.5) is 0 Å². The molecule has 0 spiro atoms. The third-order valence-electron chi connectivity index (χ3n) is 3.63. The van der Waals surface area contributed by atoms with Crippen molar-refractivity contribution in [2.45, 2.75) is 13.8 Å². The van der Waals surface area contributed by atoms with E-state index in [1.54, 1.807) is 0 Å². The Morgan fingerprint density at radius 1 is 1.15 bits per heavy atom. The number of halogens is 1. The minimum Gasteiger partial charge on any atom is -0.354 e. The third kappa shape index (κ3) is 1.93. The van der Waals surface area contributed by atoms with Gasteiger partial charge in [-0.05, 0) is 37.1 Å². The van der Waals surface area contributed by atoms with Crippen molar-refractivity contribution in [2.75, 3.05) is 0 Å². The Labute approximate surface area is 122 Å². The maximum absolute atomic E-state index is 11.5. The zero-order chi connectivity index (χ0) is 14.3. The Hall–Kier alpha value is -2.06. The summed E-state index contributed by atoms with van der Waals surface area (Å²) < 4.78 is 0. The Kier molecular flexibility index (Phi) is 3.11. The van der Waals surface area contributed by atoms with Gasteiger partial charge in [-0.1, -0.05) is 41.4 Å². The highest BCUT2D eigenvalue weighted by molar-refractivity contribution is 6.32. The summed E-state index contributed by atoms with van der Waals surface area (Å²) in [5.74, 6) is 0. The van der Waals surface area contributed by atoms with E-state index in [-0.39, 0.29) is 0 Å². The van der Waals surface area contributed by atoms with Gasteiger partial charge in [-0.15, -0.1) is 0 Å². The van der Waals surface area contributed by atoms with Crippen molar-refractivity contribution in [3.05, 3.63) is 58.1 Å². The average Bonchev–Trinajstić information content (AvgIpc) is 2.82. The van der Waals surface area contributed by atoms with Gasteiger partial charge in [0.2, 0.25) is 0 Å². The van der Waals surface area contributed by atoms with Gasteiger partial charge in [0, 0.05) is 16.0 Å². The Morgan fingerprint density at radius 2 is 1.95 bits per heavy atom. The average molecular weight is 284 g/mol. The molecule has 0 radical (unpaired) electrons. The molecule has 0 bridgehead atoms. The molecule has 100 valence electrons. The van der Waals surface area contributed by atoms with Gasteiger partial charge >= 0.3 is 0 Å². The molecule has 0 unspecified atom stereocenters. The smallest absolute Gasteiger partial charge is 0.152 e. The highest BCUT2D eigenvalue weighted by atomic mass is 35.5. The zero-order valence-electron chi connectivity index (χ0n) is 11.3. The summed E-state index contributed by atoms with van der Waals surface area (Å²) in [6.45, 7) is 3.99. The van der Waals surface area contributed by atoms with Crippen molar-refractivity contribution in [3.8, 4) is 11.3 Å². The number of nitrogens with one attached hydrogen (secondary N) is 1. The monoisotopic (exact) mass is 283 g/mol. The minimum atomic E-state index is 0.686. The predicted octanol–water partition coefficient (Wildman–Crippen LogP) is 4.92.